The number of anilines is 1. The van der Waals surface area contributed by atoms with Gasteiger partial charge in [0.05, 0.1) is 5.56 Å². The molecule has 0 amide bonds. The van der Waals surface area contributed by atoms with Gasteiger partial charge in [0, 0.05) is 29.9 Å². The quantitative estimate of drug-likeness (QED) is 0.533. The van der Waals surface area contributed by atoms with Crippen molar-refractivity contribution in [2.45, 2.75) is 34.1 Å². The molecule has 0 bridgehead atoms. The van der Waals surface area contributed by atoms with Crippen LogP contribution in [0.2, 0.25) is 0 Å². The second-order valence-corrected chi connectivity index (χ2v) is 7.76. The Balaban J connectivity index is 1.87. The first-order chi connectivity index (χ1) is 14.3. The number of carboxylic acids is 1. The summed E-state index contributed by atoms with van der Waals surface area (Å²) in [6.45, 7) is 10.6. The maximum Gasteiger partial charge on any atom is 0.338 e. The van der Waals surface area contributed by atoms with Gasteiger partial charge < -0.3 is 14.5 Å². The predicted octanol–water partition coefficient (Wildman–Crippen LogP) is 5.42. The standard InChI is InChI=1S/C23H26FN3O3/c1-5-10-27(13-14(2)3)20-9-7-17(11-15(20)4)22-25-21(26-30-22)16-6-8-18(23(28)29)19(24)12-16/h6-9,11-12,14H,5,10,13H2,1-4H3,(H,28,29). The molecule has 3 rings (SSSR count). The van der Waals surface area contributed by atoms with Crippen LogP contribution in [0, 0.1) is 18.7 Å². The van der Waals surface area contributed by atoms with Gasteiger partial charge in [-0.05, 0) is 61.2 Å². The van der Waals surface area contributed by atoms with Crippen LogP contribution in [0.5, 0.6) is 0 Å². The Hall–Kier alpha value is -3.22. The number of rotatable bonds is 8. The summed E-state index contributed by atoms with van der Waals surface area (Å²) in [6.07, 6.45) is 1.07. The molecule has 0 aliphatic carbocycles. The molecule has 0 unspecified atom stereocenters. The minimum Gasteiger partial charge on any atom is -0.478 e. The summed E-state index contributed by atoms with van der Waals surface area (Å²) in [4.78, 5) is 17.7. The Morgan fingerprint density at radius 1 is 1.20 bits per heavy atom. The second-order valence-electron chi connectivity index (χ2n) is 7.76. The highest BCUT2D eigenvalue weighted by Gasteiger charge is 2.17. The molecule has 0 radical (unpaired) electrons. The number of aromatic nitrogens is 2. The molecule has 158 valence electrons. The van der Waals surface area contributed by atoms with Crippen LogP contribution in [-0.4, -0.2) is 34.3 Å². The van der Waals surface area contributed by atoms with E-state index in [1.165, 1.54) is 17.8 Å². The smallest absolute Gasteiger partial charge is 0.338 e. The Labute approximate surface area is 175 Å². The van der Waals surface area contributed by atoms with Gasteiger partial charge in [-0.25, -0.2) is 9.18 Å². The van der Waals surface area contributed by atoms with Crippen molar-refractivity contribution in [1.29, 1.82) is 0 Å². The molecule has 0 fully saturated rings. The molecule has 1 heterocycles. The van der Waals surface area contributed by atoms with Crippen LogP contribution in [-0.2, 0) is 0 Å². The minimum absolute atomic E-state index is 0.204. The van der Waals surface area contributed by atoms with Crippen LogP contribution < -0.4 is 4.90 Å². The third-order valence-corrected chi connectivity index (χ3v) is 4.75. The van der Waals surface area contributed by atoms with Gasteiger partial charge in [0.1, 0.15) is 5.82 Å². The highest BCUT2D eigenvalue weighted by molar-refractivity contribution is 5.88. The van der Waals surface area contributed by atoms with Gasteiger partial charge in [0.15, 0.2) is 0 Å². The lowest BCUT2D eigenvalue weighted by molar-refractivity contribution is 0.0692. The van der Waals surface area contributed by atoms with Crippen molar-refractivity contribution >= 4 is 11.7 Å². The average Bonchev–Trinajstić information content (AvgIpc) is 3.17. The number of aryl methyl sites for hydroxylation is 1. The molecule has 0 atom stereocenters. The molecule has 3 aromatic rings. The molecule has 0 aliphatic rings. The zero-order valence-electron chi connectivity index (χ0n) is 17.6. The summed E-state index contributed by atoms with van der Waals surface area (Å²) in [5.41, 5.74) is 3.02. The van der Waals surface area contributed by atoms with Gasteiger partial charge in [0.2, 0.25) is 5.82 Å². The lowest BCUT2D eigenvalue weighted by Crippen LogP contribution is -2.29. The van der Waals surface area contributed by atoms with Gasteiger partial charge in [-0.3, -0.25) is 0 Å². The van der Waals surface area contributed by atoms with Crippen molar-refractivity contribution in [2.24, 2.45) is 5.92 Å². The van der Waals surface area contributed by atoms with Gasteiger partial charge in [-0.2, -0.15) is 4.98 Å². The van der Waals surface area contributed by atoms with Crippen LogP contribution in [0.25, 0.3) is 22.8 Å². The Morgan fingerprint density at radius 2 is 1.93 bits per heavy atom. The summed E-state index contributed by atoms with van der Waals surface area (Å²) < 4.78 is 19.3. The highest BCUT2D eigenvalue weighted by atomic mass is 19.1. The zero-order valence-corrected chi connectivity index (χ0v) is 17.6. The van der Waals surface area contributed by atoms with Crippen molar-refractivity contribution in [1.82, 2.24) is 10.1 Å². The fraction of sp³-hybridized carbons (Fsp3) is 0.348. The number of aromatic carboxylic acids is 1. The number of carboxylic acid groups (broad SMARTS) is 1. The SMILES string of the molecule is CCCN(CC(C)C)c1ccc(-c2nc(-c3ccc(C(=O)O)c(F)c3)no2)cc1C. The molecule has 0 aliphatic heterocycles. The molecule has 1 N–H and O–H groups in total. The number of nitrogens with zero attached hydrogens (tertiary/aromatic N) is 3. The third kappa shape index (κ3) is 4.67. The molecule has 2 aromatic carbocycles. The van der Waals surface area contributed by atoms with Crippen molar-refractivity contribution < 1.29 is 18.8 Å². The molecule has 0 saturated carbocycles. The van der Waals surface area contributed by atoms with E-state index in [0.29, 0.717) is 17.4 Å². The third-order valence-electron chi connectivity index (χ3n) is 4.75. The van der Waals surface area contributed by atoms with Crippen LogP contribution in [0.4, 0.5) is 10.1 Å². The summed E-state index contributed by atoms with van der Waals surface area (Å²) in [6, 6.07) is 9.76. The molecule has 0 saturated heterocycles. The van der Waals surface area contributed by atoms with Crippen LogP contribution >= 0.6 is 0 Å². The summed E-state index contributed by atoms with van der Waals surface area (Å²) in [7, 11) is 0. The minimum atomic E-state index is -1.32. The van der Waals surface area contributed by atoms with Gasteiger partial charge in [-0.15, -0.1) is 0 Å². The number of benzene rings is 2. The fourth-order valence-corrected chi connectivity index (χ4v) is 3.45. The Morgan fingerprint density at radius 3 is 2.53 bits per heavy atom. The molecular weight excluding hydrogens is 385 g/mol. The summed E-state index contributed by atoms with van der Waals surface area (Å²) in [5, 5.41) is 12.9. The monoisotopic (exact) mass is 411 g/mol. The molecule has 7 heteroatoms. The molecular formula is C23H26FN3O3. The number of hydrogen-bond donors (Lipinski definition) is 1. The van der Waals surface area contributed by atoms with E-state index >= 15 is 0 Å². The van der Waals surface area contributed by atoms with Crippen LogP contribution in [0.3, 0.4) is 0 Å². The van der Waals surface area contributed by atoms with Crippen LogP contribution in [0.15, 0.2) is 40.9 Å². The van der Waals surface area contributed by atoms with Gasteiger partial charge in [-0.1, -0.05) is 25.9 Å². The van der Waals surface area contributed by atoms with E-state index < -0.39 is 17.3 Å². The van der Waals surface area contributed by atoms with E-state index in [-0.39, 0.29) is 5.82 Å². The first-order valence-electron chi connectivity index (χ1n) is 10.0. The lowest BCUT2D eigenvalue weighted by Gasteiger charge is -2.28. The van der Waals surface area contributed by atoms with E-state index in [2.05, 4.69) is 48.8 Å². The topological polar surface area (TPSA) is 79.5 Å². The zero-order chi connectivity index (χ0) is 21.8. The second kappa shape index (κ2) is 9.07. The normalized spacial score (nSPS) is 11.1. The predicted molar refractivity (Wildman–Crippen MR) is 114 cm³/mol. The van der Waals surface area contributed by atoms with E-state index in [1.54, 1.807) is 0 Å². The summed E-state index contributed by atoms with van der Waals surface area (Å²) >= 11 is 0. The first kappa shape index (κ1) is 21.5. The van der Waals surface area contributed by atoms with E-state index in [1.807, 2.05) is 12.1 Å². The molecule has 1 aromatic heterocycles. The van der Waals surface area contributed by atoms with E-state index in [9.17, 15) is 9.18 Å². The highest BCUT2D eigenvalue weighted by Crippen LogP contribution is 2.29. The number of hydrogen-bond acceptors (Lipinski definition) is 5. The number of halogens is 1. The fourth-order valence-electron chi connectivity index (χ4n) is 3.45. The Bertz CT molecular complexity index is 1050. The average molecular weight is 411 g/mol. The van der Waals surface area contributed by atoms with E-state index in [0.717, 1.165) is 36.7 Å². The molecule has 0 spiro atoms. The van der Waals surface area contributed by atoms with Crippen molar-refractivity contribution in [3.8, 4) is 22.8 Å². The summed E-state index contributed by atoms with van der Waals surface area (Å²) in [5.74, 6) is -1.07. The van der Waals surface area contributed by atoms with Crippen molar-refractivity contribution in [2.75, 3.05) is 18.0 Å². The number of carbonyl (C=O) groups is 1. The maximum atomic E-state index is 14.0. The lowest BCUT2D eigenvalue weighted by atomic mass is 10.1. The van der Waals surface area contributed by atoms with E-state index in [4.69, 9.17) is 9.63 Å². The van der Waals surface area contributed by atoms with Gasteiger partial charge >= 0.3 is 5.97 Å². The molecule has 30 heavy (non-hydrogen) atoms. The Kier molecular flexibility index (Phi) is 6.50. The van der Waals surface area contributed by atoms with Gasteiger partial charge in [0.25, 0.3) is 5.89 Å². The van der Waals surface area contributed by atoms with Crippen LogP contribution in [0.1, 0.15) is 43.1 Å². The van der Waals surface area contributed by atoms with Crippen molar-refractivity contribution in [3.63, 3.8) is 0 Å². The first-order valence-corrected chi connectivity index (χ1v) is 10.0. The maximum absolute atomic E-state index is 14.0. The molecule has 6 nitrogen and oxygen atoms in total. The van der Waals surface area contributed by atoms with Crippen molar-refractivity contribution in [3.05, 3.63) is 53.3 Å². The largest absolute Gasteiger partial charge is 0.478 e.